The molecule has 4 nitrogen and oxygen atoms in total. The van der Waals surface area contributed by atoms with Gasteiger partial charge in [0.2, 0.25) is 0 Å². The van der Waals surface area contributed by atoms with Gasteiger partial charge in [-0.15, -0.1) is 5.10 Å². The molecule has 1 heterocycles. The number of aromatic nitrogens is 3. The Balaban J connectivity index is 1.72. The number of rotatable bonds is 3. The first-order chi connectivity index (χ1) is 6.93. The summed E-state index contributed by atoms with van der Waals surface area (Å²) in [6, 6.07) is 0. The summed E-state index contributed by atoms with van der Waals surface area (Å²) < 4.78 is 0. The average molecular weight is 192 g/mol. The minimum atomic E-state index is 0.887. The van der Waals surface area contributed by atoms with Gasteiger partial charge in [0.25, 0.3) is 0 Å². The van der Waals surface area contributed by atoms with Crippen molar-refractivity contribution in [2.45, 2.75) is 38.5 Å². The summed E-state index contributed by atoms with van der Waals surface area (Å²) in [5, 5.41) is 8.36. The van der Waals surface area contributed by atoms with E-state index in [0.29, 0.717) is 0 Å². The van der Waals surface area contributed by atoms with Crippen molar-refractivity contribution in [2.75, 3.05) is 12.0 Å². The lowest BCUT2D eigenvalue weighted by Crippen LogP contribution is -2.22. The van der Waals surface area contributed by atoms with Crippen molar-refractivity contribution in [2.24, 2.45) is 5.92 Å². The van der Waals surface area contributed by atoms with Crippen LogP contribution in [0.5, 0.6) is 0 Å². The molecule has 2 aliphatic rings. The Kier molecular flexibility index (Phi) is 1.92. The number of fused-ring (bicyclic) bond motifs is 1. The molecule has 1 saturated carbocycles. The summed E-state index contributed by atoms with van der Waals surface area (Å²) in [5.41, 5.74) is 5.88. The SMILES string of the molecule is C1CCc2c(nnn2NCC2CC2)C1. The molecule has 1 aromatic heterocycles. The van der Waals surface area contributed by atoms with E-state index >= 15 is 0 Å². The fraction of sp³-hybridized carbons (Fsp3) is 0.800. The van der Waals surface area contributed by atoms with Gasteiger partial charge in [-0.2, -0.15) is 4.79 Å². The standard InChI is InChI=1S/C10H16N4/c1-2-4-10-9(3-1)12-13-14(10)11-7-8-5-6-8/h8,11H,1-7H2. The van der Waals surface area contributed by atoms with Crippen LogP contribution in [0.3, 0.4) is 0 Å². The number of hydrogen-bond donors (Lipinski definition) is 1. The van der Waals surface area contributed by atoms with E-state index in [1.165, 1.54) is 37.1 Å². The van der Waals surface area contributed by atoms with Crippen molar-refractivity contribution in [3.63, 3.8) is 0 Å². The average Bonchev–Trinajstić information content (AvgIpc) is 2.96. The van der Waals surface area contributed by atoms with Gasteiger partial charge in [0.05, 0.1) is 11.4 Å². The molecule has 1 aromatic rings. The summed E-state index contributed by atoms with van der Waals surface area (Å²) in [7, 11) is 0. The summed E-state index contributed by atoms with van der Waals surface area (Å²) in [6.07, 6.45) is 7.56. The molecular formula is C10H16N4. The number of nitrogens with one attached hydrogen (secondary N) is 1. The molecule has 0 amide bonds. The first kappa shape index (κ1) is 8.26. The van der Waals surface area contributed by atoms with E-state index in [1.54, 1.807) is 0 Å². The van der Waals surface area contributed by atoms with Gasteiger partial charge in [-0.3, -0.25) is 0 Å². The second-order valence-corrected chi connectivity index (χ2v) is 4.41. The predicted molar refractivity (Wildman–Crippen MR) is 53.6 cm³/mol. The van der Waals surface area contributed by atoms with Crippen LogP contribution in [0, 0.1) is 5.92 Å². The lowest BCUT2D eigenvalue weighted by atomic mass is 10.0. The lowest BCUT2D eigenvalue weighted by Gasteiger charge is -2.12. The molecule has 1 fully saturated rings. The van der Waals surface area contributed by atoms with Crippen molar-refractivity contribution in [1.82, 2.24) is 15.1 Å². The molecule has 0 unspecified atom stereocenters. The van der Waals surface area contributed by atoms with E-state index in [1.807, 2.05) is 4.79 Å². The molecule has 76 valence electrons. The van der Waals surface area contributed by atoms with Crippen LogP contribution in [-0.4, -0.2) is 21.6 Å². The molecule has 0 bridgehead atoms. The van der Waals surface area contributed by atoms with Crippen LogP contribution in [0.25, 0.3) is 0 Å². The lowest BCUT2D eigenvalue weighted by molar-refractivity contribution is 0.608. The monoisotopic (exact) mass is 192 g/mol. The molecule has 1 N–H and O–H groups in total. The van der Waals surface area contributed by atoms with Gasteiger partial charge < -0.3 is 5.43 Å². The van der Waals surface area contributed by atoms with Crippen LogP contribution < -0.4 is 5.43 Å². The molecule has 0 atom stereocenters. The summed E-state index contributed by atoms with van der Waals surface area (Å²) >= 11 is 0. The predicted octanol–water partition coefficient (Wildman–Crippen LogP) is 1.11. The van der Waals surface area contributed by atoms with Crippen LogP contribution in [0.1, 0.15) is 37.1 Å². The molecule has 0 aliphatic heterocycles. The van der Waals surface area contributed by atoms with Crippen LogP contribution in [-0.2, 0) is 12.8 Å². The van der Waals surface area contributed by atoms with E-state index in [4.69, 9.17) is 0 Å². The Morgan fingerprint density at radius 3 is 3.00 bits per heavy atom. The van der Waals surface area contributed by atoms with Crippen molar-refractivity contribution < 1.29 is 0 Å². The molecule has 0 saturated heterocycles. The Labute approximate surface area is 83.7 Å². The molecule has 0 radical (unpaired) electrons. The van der Waals surface area contributed by atoms with E-state index in [9.17, 15) is 0 Å². The second kappa shape index (κ2) is 3.26. The smallest absolute Gasteiger partial charge is 0.0881 e. The zero-order valence-corrected chi connectivity index (χ0v) is 8.37. The minimum Gasteiger partial charge on any atom is -0.308 e. The van der Waals surface area contributed by atoms with Gasteiger partial charge in [-0.25, -0.2) is 0 Å². The summed E-state index contributed by atoms with van der Waals surface area (Å²) in [6.45, 7) is 1.07. The van der Waals surface area contributed by atoms with Crippen molar-refractivity contribution in [3.05, 3.63) is 11.4 Å². The number of aryl methyl sites for hydroxylation is 1. The molecule has 14 heavy (non-hydrogen) atoms. The fourth-order valence-electron chi connectivity index (χ4n) is 2.03. The molecule has 3 rings (SSSR count). The van der Waals surface area contributed by atoms with Crippen molar-refractivity contribution >= 4 is 0 Å². The highest BCUT2D eigenvalue weighted by Gasteiger charge is 2.22. The zero-order chi connectivity index (χ0) is 9.38. The van der Waals surface area contributed by atoms with Gasteiger partial charge in [0.15, 0.2) is 0 Å². The largest absolute Gasteiger partial charge is 0.308 e. The summed E-state index contributed by atoms with van der Waals surface area (Å²) in [5.74, 6) is 0.887. The van der Waals surface area contributed by atoms with Crippen LogP contribution in [0.2, 0.25) is 0 Å². The third-order valence-electron chi connectivity index (χ3n) is 3.15. The van der Waals surface area contributed by atoms with E-state index in [2.05, 4.69) is 15.7 Å². The Bertz CT molecular complexity index is 327. The van der Waals surface area contributed by atoms with Crippen LogP contribution in [0.4, 0.5) is 0 Å². The Morgan fingerprint density at radius 1 is 1.29 bits per heavy atom. The van der Waals surface area contributed by atoms with Gasteiger partial charge in [-0.1, -0.05) is 0 Å². The fourth-order valence-corrected chi connectivity index (χ4v) is 2.03. The number of nitrogens with zero attached hydrogens (tertiary/aromatic N) is 3. The topological polar surface area (TPSA) is 42.7 Å². The zero-order valence-electron chi connectivity index (χ0n) is 8.37. The maximum absolute atomic E-state index is 4.21. The molecular weight excluding hydrogens is 176 g/mol. The summed E-state index contributed by atoms with van der Waals surface area (Å²) in [4.78, 5) is 1.91. The third kappa shape index (κ3) is 1.49. The third-order valence-corrected chi connectivity index (χ3v) is 3.15. The van der Waals surface area contributed by atoms with Gasteiger partial charge in [-0.05, 0) is 49.7 Å². The second-order valence-electron chi connectivity index (χ2n) is 4.41. The molecule has 4 heteroatoms. The van der Waals surface area contributed by atoms with Gasteiger partial charge in [0, 0.05) is 6.54 Å². The van der Waals surface area contributed by atoms with Crippen LogP contribution in [0.15, 0.2) is 0 Å². The highest BCUT2D eigenvalue weighted by Crippen LogP contribution is 2.28. The quantitative estimate of drug-likeness (QED) is 0.780. The van der Waals surface area contributed by atoms with E-state index in [0.717, 1.165) is 25.3 Å². The Morgan fingerprint density at radius 2 is 2.14 bits per heavy atom. The first-order valence-corrected chi connectivity index (χ1v) is 5.61. The van der Waals surface area contributed by atoms with Crippen molar-refractivity contribution in [1.29, 1.82) is 0 Å². The first-order valence-electron chi connectivity index (χ1n) is 5.61. The van der Waals surface area contributed by atoms with E-state index in [-0.39, 0.29) is 0 Å². The van der Waals surface area contributed by atoms with E-state index < -0.39 is 0 Å². The maximum Gasteiger partial charge on any atom is 0.0881 e. The molecule has 2 aliphatic carbocycles. The normalized spacial score (nSPS) is 20.6. The molecule has 0 spiro atoms. The van der Waals surface area contributed by atoms with Gasteiger partial charge >= 0.3 is 0 Å². The van der Waals surface area contributed by atoms with Crippen LogP contribution >= 0.6 is 0 Å². The Hall–Kier alpha value is -1.06. The molecule has 0 aromatic carbocycles. The highest BCUT2D eigenvalue weighted by atomic mass is 15.6. The minimum absolute atomic E-state index is 0.887. The highest BCUT2D eigenvalue weighted by molar-refractivity contribution is 5.14. The van der Waals surface area contributed by atoms with Gasteiger partial charge in [0.1, 0.15) is 0 Å². The number of hydrogen-bond acceptors (Lipinski definition) is 3. The maximum atomic E-state index is 4.21. The van der Waals surface area contributed by atoms with Crippen molar-refractivity contribution in [3.8, 4) is 0 Å².